The van der Waals surface area contributed by atoms with Crippen molar-refractivity contribution >= 4 is 11.5 Å². The van der Waals surface area contributed by atoms with Gasteiger partial charge in [0.2, 0.25) is 0 Å². The monoisotopic (exact) mass is 408 g/mol. The van der Waals surface area contributed by atoms with E-state index in [-0.39, 0.29) is 12.2 Å². The van der Waals surface area contributed by atoms with Gasteiger partial charge in [-0.25, -0.2) is 20.8 Å². The van der Waals surface area contributed by atoms with Crippen molar-refractivity contribution < 1.29 is 4.74 Å². The smallest absolute Gasteiger partial charge is 0.158 e. The molecule has 30 heavy (non-hydrogen) atoms. The average molecular weight is 409 g/mol. The third-order valence-electron chi connectivity index (χ3n) is 5.67. The fourth-order valence-electron chi connectivity index (χ4n) is 3.98. The van der Waals surface area contributed by atoms with Gasteiger partial charge in [-0.05, 0) is 26.1 Å². The minimum atomic E-state index is -0.0113. The molecule has 158 valence electrons. The number of nitriles is 1. The molecule has 2 fully saturated rings. The van der Waals surface area contributed by atoms with Crippen LogP contribution in [0.1, 0.15) is 30.1 Å². The number of ether oxygens (including phenoxy) is 1. The first-order valence-electron chi connectivity index (χ1n) is 10.3. The second-order valence-electron chi connectivity index (χ2n) is 7.74. The molecule has 0 saturated carbocycles. The summed E-state index contributed by atoms with van der Waals surface area (Å²) in [5.74, 6) is 1.52. The molecule has 2 aromatic rings. The molecule has 2 aliphatic rings. The third kappa shape index (κ3) is 4.62. The maximum Gasteiger partial charge on any atom is 0.158 e. The zero-order valence-electron chi connectivity index (χ0n) is 17.4. The van der Waals surface area contributed by atoms with Gasteiger partial charge < -0.3 is 19.9 Å². The number of hydrogen-bond acceptors (Lipinski definition) is 9. The van der Waals surface area contributed by atoms with Crippen LogP contribution in [0.3, 0.4) is 0 Å². The number of benzene rings is 1. The number of rotatable bonds is 5. The molecule has 0 radical (unpaired) electrons. The molecule has 2 unspecified atom stereocenters. The predicted octanol–water partition coefficient (Wildman–Crippen LogP) is 1.48. The zero-order chi connectivity index (χ0) is 20.9. The zero-order valence-corrected chi connectivity index (χ0v) is 17.4. The van der Waals surface area contributed by atoms with Gasteiger partial charge in [-0.2, -0.15) is 5.26 Å². The molecule has 0 aliphatic carbocycles. The van der Waals surface area contributed by atoms with Crippen LogP contribution < -0.4 is 25.8 Å². The van der Waals surface area contributed by atoms with Crippen LogP contribution in [-0.2, 0) is 0 Å². The van der Waals surface area contributed by atoms with Gasteiger partial charge in [0.05, 0.1) is 31.7 Å². The van der Waals surface area contributed by atoms with Crippen molar-refractivity contribution in [3.05, 3.63) is 41.9 Å². The number of methoxy groups -OCH3 is 1. The van der Waals surface area contributed by atoms with E-state index in [2.05, 4.69) is 61.2 Å². The largest absolute Gasteiger partial charge is 0.496 e. The van der Waals surface area contributed by atoms with Gasteiger partial charge in [0, 0.05) is 43.4 Å². The van der Waals surface area contributed by atoms with E-state index in [1.54, 1.807) is 13.3 Å². The molecular formula is C21H28N8O. The lowest BCUT2D eigenvalue weighted by Gasteiger charge is -2.25. The van der Waals surface area contributed by atoms with Gasteiger partial charge in [0.1, 0.15) is 17.6 Å². The quantitative estimate of drug-likeness (QED) is 0.679. The predicted molar refractivity (Wildman–Crippen MR) is 115 cm³/mol. The number of likely N-dealkylation sites (N-methyl/N-ethyl adjacent to an activating group) is 1. The lowest BCUT2D eigenvalue weighted by atomic mass is 10.0. The molecule has 2 atom stereocenters. The summed E-state index contributed by atoms with van der Waals surface area (Å²) in [5.41, 5.74) is 9.23. The molecule has 2 aliphatic heterocycles. The fraction of sp³-hybridized carbons (Fsp3) is 0.476. The lowest BCUT2D eigenvalue weighted by Crippen LogP contribution is -2.36. The average Bonchev–Trinajstić information content (AvgIpc) is 3.13. The number of aromatic nitrogens is 2. The molecule has 0 spiro atoms. The van der Waals surface area contributed by atoms with Gasteiger partial charge in [0.25, 0.3) is 0 Å². The number of hydrogen-bond donors (Lipinski definition) is 3. The maximum atomic E-state index is 8.84. The normalized spacial score (nSPS) is 22.4. The van der Waals surface area contributed by atoms with E-state index in [9.17, 15) is 0 Å². The first kappa shape index (κ1) is 20.3. The molecule has 0 bridgehead atoms. The third-order valence-corrected chi connectivity index (χ3v) is 5.67. The second-order valence-corrected chi connectivity index (χ2v) is 7.74. The van der Waals surface area contributed by atoms with Crippen molar-refractivity contribution in [2.24, 2.45) is 0 Å². The summed E-state index contributed by atoms with van der Waals surface area (Å²) in [6, 6.07) is 8.58. The SMILES string of the molecule is COc1cc(N2CCCN(C)CC2)ccc1C1CC(Nc2cnc(C#N)cn2)NN1. The molecule has 1 aromatic carbocycles. The van der Waals surface area contributed by atoms with Crippen molar-refractivity contribution in [3.8, 4) is 11.8 Å². The Hall–Kier alpha value is -2.93. The summed E-state index contributed by atoms with van der Waals surface area (Å²) in [6.07, 6.45) is 5.00. The van der Waals surface area contributed by atoms with Crippen molar-refractivity contribution in [1.82, 2.24) is 25.7 Å². The Kier molecular flexibility index (Phi) is 6.28. The minimum Gasteiger partial charge on any atom is -0.496 e. The van der Waals surface area contributed by atoms with Crippen molar-refractivity contribution in [2.75, 3.05) is 50.6 Å². The number of nitrogens with one attached hydrogen (secondary N) is 3. The first-order valence-corrected chi connectivity index (χ1v) is 10.3. The van der Waals surface area contributed by atoms with E-state index < -0.39 is 0 Å². The van der Waals surface area contributed by atoms with Gasteiger partial charge in [-0.3, -0.25) is 0 Å². The van der Waals surface area contributed by atoms with E-state index in [1.807, 2.05) is 6.07 Å². The van der Waals surface area contributed by atoms with E-state index in [0.717, 1.165) is 43.9 Å². The number of hydrazine groups is 1. The molecule has 3 N–H and O–H groups in total. The van der Waals surface area contributed by atoms with Crippen molar-refractivity contribution in [2.45, 2.75) is 25.0 Å². The Morgan fingerprint density at radius 2 is 2.07 bits per heavy atom. The second kappa shape index (κ2) is 9.26. The van der Waals surface area contributed by atoms with Crippen LogP contribution in [0.4, 0.5) is 11.5 Å². The first-order chi connectivity index (χ1) is 14.7. The highest BCUT2D eigenvalue weighted by atomic mass is 16.5. The maximum absolute atomic E-state index is 8.84. The van der Waals surface area contributed by atoms with Crippen LogP contribution in [0.2, 0.25) is 0 Å². The van der Waals surface area contributed by atoms with E-state index >= 15 is 0 Å². The van der Waals surface area contributed by atoms with Crippen LogP contribution in [0, 0.1) is 11.3 Å². The van der Waals surface area contributed by atoms with E-state index in [0.29, 0.717) is 11.5 Å². The molecule has 2 saturated heterocycles. The Bertz CT molecular complexity index is 897. The van der Waals surface area contributed by atoms with Gasteiger partial charge in [-0.1, -0.05) is 6.07 Å². The Balaban J connectivity index is 1.42. The van der Waals surface area contributed by atoms with Crippen LogP contribution in [0.15, 0.2) is 30.6 Å². The summed E-state index contributed by atoms with van der Waals surface area (Å²) in [7, 11) is 3.91. The van der Waals surface area contributed by atoms with Crippen LogP contribution in [0.25, 0.3) is 0 Å². The topological polar surface area (TPSA) is 101 Å². The molecule has 1 aromatic heterocycles. The molecule has 9 nitrogen and oxygen atoms in total. The van der Waals surface area contributed by atoms with Crippen LogP contribution in [-0.4, -0.2) is 61.4 Å². The van der Waals surface area contributed by atoms with E-state index in [1.165, 1.54) is 18.3 Å². The van der Waals surface area contributed by atoms with Gasteiger partial charge in [0.15, 0.2) is 5.69 Å². The molecular weight excluding hydrogens is 380 g/mol. The summed E-state index contributed by atoms with van der Waals surface area (Å²) in [5, 5.41) is 12.1. The highest BCUT2D eigenvalue weighted by Gasteiger charge is 2.28. The summed E-state index contributed by atoms with van der Waals surface area (Å²) in [4.78, 5) is 13.1. The van der Waals surface area contributed by atoms with Gasteiger partial charge in [-0.15, -0.1) is 0 Å². The van der Waals surface area contributed by atoms with Crippen molar-refractivity contribution in [1.29, 1.82) is 5.26 Å². The Morgan fingerprint density at radius 1 is 1.17 bits per heavy atom. The number of anilines is 2. The van der Waals surface area contributed by atoms with Crippen LogP contribution >= 0.6 is 0 Å². The minimum absolute atomic E-state index is 0.0113. The summed E-state index contributed by atoms with van der Waals surface area (Å²) < 4.78 is 5.74. The highest BCUT2D eigenvalue weighted by Crippen LogP contribution is 2.34. The standard InChI is InChI=1S/C21H28N8O/c1-28-6-3-7-29(9-8-28)16-4-5-17(19(10-16)30-2)18-11-20(27-26-18)25-21-14-23-15(12-22)13-24-21/h4-5,10,13-14,18,20,26-27H,3,6-9,11H2,1-2H3,(H,24,25). The molecule has 3 heterocycles. The number of nitrogens with zero attached hydrogens (tertiary/aromatic N) is 5. The molecule has 4 rings (SSSR count). The summed E-state index contributed by atoms with van der Waals surface area (Å²) in [6.45, 7) is 4.30. The highest BCUT2D eigenvalue weighted by molar-refractivity contribution is 5.55. The summed E-state index contributed by atoms with van der Waals surface area (Å²) >= 11 is 0. The molecule has 0 amide bonds. The Labute approximate surface area is 177 Å². The van der Waals surface area contributed by atoms with Crippen molar-refractivity contribution in [3.63, 3.8) is 0 Å². The Morgan fingerprint density at radius 3 is 2.83 bits per heavy atom. The van der Waals surface area contributed by atoms with Crippen LogP contribution in [0.5, 0.6) is 5.75 Å². The van der Waals surface area contributed by atoms with E-state index in [4.69, 9.17) is 10.00 Å². The van der Waals surface area contributed by atoms with Gasteiger partial charge >= 0.3 is 0 Å². The fourth-order valence-corrected chi connectivity index (χ4v) is 3.98. The lowest BCUT2D eigenvalue weighted by molar-refractivity contribution is 0.360. The molecule has 9 heteroatoms.